The van der Waals surface area contributed by atoms with Crippen LogP contribution in [0.1, 0.15) is 12.0 Å². The van der Waals surface area contributed by atoms with Gasteiger partial charge in [0.1, 0.15) is 5.75 Å². The minimum Gasteiger partial charge on any atom is -0.497 e. The molecule has 1 N–H and O–H groups in total. The maximum atomic E-state index is 12.4. The van der Waals surface area contributed by atoms with Gasteiger partial charge >= 0.3 is 0 Å². The summed E-state index contributed by atoms with van der Waals surface area (Å²) in [4.78, 5) is 14.2. The Morgan fingerprint density at radius 2 is 2.04 bits per heavy atom. The van der Waals surface area contributed by atoms with Crippen molar-refractivity contribution in [1.29, 1.82) is 0 Å². The molecule has 1 aliphatic rings. The Morgan fingerprint density at radius 3 is 2.78 bits per heavy atom. The van der Waals surface area contributed by atoms with Crippen LogP contribution in [0.2, 0.25) is 0 Å². The summed E-state index contributed by atoms with van der Waals surface area (Å²) >= 11 is 0. The van der Waals surface area contributed by atoms with Gasteiger partial charge in [-0.15, -0.1) is 0 Å². The van der Waals surface area contributed by atoms with Crippen molar-refractivity contribution in [3.05, 3.63) is 72.6 Å². The second-order valence-corrected chi connectivity index (χ2v) is 6.57. The lowest BCUT2D eigenvalue weighted by Crippen LogP contribution is -2.32. The van der Waals surface area contributed by atoms with E-state index in [2.05, 4.69) is 10.4 Å². The van der Waals surface area contributed by atoms with Crippen LogP contribution in [-0.2, 0) is 11.3 Å². The van der Waals surface area contributed by atoms with E-state index in [1.54, 1.807) is 13.3 Å². The largest absolute Gasteiger partial charge is 0.497 e. The van der Waals surface area contributed by atoms with Crippen molar-refractivity contribution in [3.8, 4) is 11.4 Å². The molecule has 0 bridgehead atoms. The Labute approximate surface area is 158 Å². The lowest BCUT2D eigenvalue weighted by atomic mass is 10.1. The van der Waals surface area contributed by atoms with Gasteiger partial charge < -0.3 is 15.0 Å². The number of hydrogen-bond acceptors (Lipinski definition) is 4. The third-order valence-corrected chi connectivity index (χ3v) is 4.81. The quantitative estimate of drug-likeness (QED) is 0.733. The second-order valence-electron chi connectivity index (χ2n) is 6.57. The second kappa shape index (κ2) is 7.63. The van der Waals surface area contributed by atoms with Crippen LogP contribution in [0.5, 0.6) is 5.75 Å². The fraction of sp³-hybridized carbons (Fsp3) is 0.238. The van der Waals surface area contributed by atoms with E-state index in [1.165, 1.54) is 0 Å². The third kappa shape index (κ3) is 3.71. The van der Waals surface area contributed by atoms with Crippen LogP contribution in [0.25, 0.3) is 5.69 Å². The van der Waals surface area contributed by atoms with Crippen LogP contribution < -0.4 is 15.0 Å². The van der Waals surface area contributed by atoms with Gasteiger partial charge in [0.05, 0.1) is 12.8 Å². The van der Waals surface area contributed by atoms with E-state index in [0.717, 1.165) is 22.7 Å². The summed E-state index contributed by atoms with van der Waals surface area (Å²) in [5.74, 6) is 0.952. The zero-order chi connectivity index (χ0) is 18.6. The standard InChI is InChI=1S/C21H22N4O2/c1-27-19-8-9-20(25-11-5-10-23-25)16(12-19)14-22-17-13-21(26)24(15-17)18-6-3-2-4-7-18/h2-12,17,22H,13-15H2,1H3/t17-/m0/s1. The van der Waals surface area contributed by atoms with E-state index in [-0.39, 0.29) is 11.9 Å². The lowest BCUT2D eigenvalue weighted by Gasteiger charge is -2.18. The van der Waals surface area contributed by atoms with Crippen LogP contribution in [0.15, 0.2) is 67.0 Å². The molecule has 0 aliphatic carbocycles. The molecule has 2 aromatic carbocycles. The number of amides is 1. The molecular weight excluding hydrogens is 340 g/mol. The van der Waals surface area contributed by atoms with E-state index >= 15 is 0 Å². The first kappa shape index (κ1) is 17.3. The number of nitrogens with one attached hydrogen (secondary N) is 1. The van der Waals surface area contributed by atoms with Crippen LogP contribution in [0, 0.1) is 0 Å². The number of ether oxygens (including phenoxy) is 1. The number of rotatable bonds is 6. The molecule has 4 rings (SSSR count). The molecule has 1 amide bonds. The Bertz CT molecular complexity index is 909. The fourth-order valence-electron chi connectivity index (χ4n) is 3.42. The van der Waals surface area contributed by atoms with Gasteiger partial charge in [-0.25, -0.2) is 4.68 Å². The van der Waals surface area contributed by atoms with Crippen molar-refractivity contribution >= 4 is 11.6 Å². The predicted molar refractivity (Wildman–Crippen MR) is 104 cm³/mol. The van der Waals surface area contributed by atoms with Crippen molar-refractivity contribution < 1.29 is 9.53 Å². The predicted octanol–water partition coefficient (Wildman–Crippen LogP) is 2.78. The Balaban J connectivity index is 1.48. The number of benzene rings is 2. The molecule has 138 valence electrons. The first-order valence-corrected chi connectivity index (χ1v) is 9.00. The molecule has 27 heavy (non-hydrogen) atoms. The monoisotopic (exact) mass is 362 g/mol. The van der Waals surface area contributed by atoms with Crippen LogP contribution in [-0.4, -0.2) is 35.4 Å². The minimum atomic E-state index is 0.106. The minimum absolute atomic E-state index is 0.106. The summed E-state index contributed by atoms with van der Waals surface area (Å²) in [6.07, 6.45) is 4.17. The third-order valence-electron chi connectivity index (χ3n) is 4.81. The maximum absolute atomic E-state index is 12.4. The van der Waals surface area contributed by atoms with Crippen molar-refractivity contribution in [1.82, 2.24) is 15.1 Å². The fourth-order valence-corrected chi connectivity index (χ4v) is 3.42. The molecule has 0 unspecified atom stereocenters. The van der Waals surface area contributed by atoms with Crippen molar-refractivity contribution in [3.63, 3.8) is 0 Å². The van der Waals surface area contributed by atoms with Crippen molar-refractivity contribution in [2.24, 2.45) is 0 Å². The highest BCUT2D eigenvalue weighted by Gasteiger charge is 2.30. The van der Waals surface area contributed by atoms with E-state index < -0.39 is 0 Å². The summed E-state index contributed by atoms with van der Waals surface area (Å²) in [7, 11) is 1.66. The molecule has 6 heteroatoms. The number of hydrogen-bond donors (Lipinski definition) is 1. The molecule has 1 atom stereocenters. The first-order chi connectivity index (χ1) is 13.2. The number of aromatic nitrogens is 2. The first-order valence-electron chi connectivity index (χ1n) is 9.00. The summed E-state index contributed by atoms with van der Waals surface area (Å²) in [5.41, 5.74) is 3.02. The normalized spacial score (nSPS) is 16.7. The van der Waals surface area contributed by atoms with Gasteiger partial charge in [-0.2, -0.15) is 5.10 Å². The van der Waals surface area contributed by atoms with Gasteiger partial charge in [-0.05, 0) is 42.0 Å². The molecule has 0 radical (unpaired) electrons. The summed E-state index contributed by atoms with van der Waals surface area (Å²) in [6, 6.07) is 17.7. The van der Waals surface area contributed by atoms with E-state index in [4.69, 9.17) is 4.74 Å². The molecule has 2 heterocycles. The zero-order valence-electron chi connectivity index (χ0n) is 15.2. The zero-order valence-corrected chi connectivity index (χ0v) is 15.2. The van der Waals surface area contributed by atoms with Crippen LogP contribution >= 0.6 is 0 Å². The molecule has 1 fully saturated rings. The average molecular weight is 362 g/mol. The van der Waals surface area contributed by atoms with Crippen molar-refractivity contribution in [2.45, 2.75) is 19.0 Å². The number of anilines is 1. The Morgan fingerprint density at radius 1 is 1.19 bits per heavy atom. The van der Waals surface area contributed by atoms with Gasteiger partial charge in [0, 0.05) is 43.6 Å². The highest BCUT2D eigenvalue weighted by molar-refractivity contribution is 5.96. The molecule has 0 spiro atoms. The summed E-state index contributed by atoms with van der Waals surface area (Å²) < 4.78 is 7.21. The van der Waals surface area contributed by atoms with Gasteiger partial charge in [0.25, 0.3) is 0 Å². The molecule has 1 aromatic heterocycles. The topological polar surface area (TPSA) is 59.4 Å². The molecule has 1 aliphatic heterocycles. The van der Waals surface area contributed by atoms with Gasteiger partial charge in [-0.1, -0.05) is 18.2 Å². The number of nitrogens with zero attached hydrogens (tertiary/aromatic N) is 3. The molecule has 0 saturated carbocycles. The molecular formula is C21H22N4O2. The number of para-hydroxylation sites is 1. The van der Waals surface area contributed by atoms with E-state index in [0.29, 0.717) is 19.5 Å². The van der Waals surface area contributed by atoms with E-state index in [9.17, 15) is 4.79 Å². The van der Waals surface area contributed by atoms with Gasteiger partial charge in [0.15, 0.2) is 0 Å². The van der Waals surface area contributed by atoms with E-state index in [1.807, 2.05) is 70.4 Å². The van der Waals surface area contributed by atoms with Crippen LogP contribution in [0.3, 0.4) is 0 Å². The highest BCUT2D eigenvalue weighted by Crippen LogP contribution is 2.23. The van der Waals surface area contributed by atoms with Gasteiger partial charge in [0.2, 0.25) is 5.91 Å². The molecule has 6 nitrogen and oxygen atoms in total. The summed E-state index contributed by atoms with van der Waals surface area (Å²) in [6.45, 7) is 1.30. The Kier molecular flexibility index (Phi) is 4.89. The smallest absolute Gasteiger partial charge is 0.228 e. The average Bonchev–Trinajstić information content (AvgIpc) is 3.36. The summed E-state index contributed by atoms with van der Waals surface area (Å²) in [5, 5.41) is 7.85. The number of carbonyl (C=O) groups is 1. The van der Waals surface area contributed by atoms with Crippen molar-refractivity contribution in [2.75, 3.05) is 18.6 Å². The molecule has 1 saturated heterocycles. The maximum Gasteiger partial charge on any atom is 0.228 e. The SMILES string of the molecule is COc1ccc(-n2cccn2)c(CN[C@H]2CC(=O)N(c3ccccc3)C2)c1. The lowest BCUT2D eigenvalue weighted by molar-refractivity contribution is -0.117. The Hall–Kier alpha value is -3.12. The van der Waals surface area contributed by atoms with Gasteiger partial charge in [-0.3, -0.25) is 4.79 Å². The highest BCUT2D eigenvalue weighted by atomic mass is 16.5. The number of methoxy groups -OCH3 is 1. The molecule has 3 aromatic rings. The number of carbonyl (C=O) groups excluding carboxylic acids is 1. The van der Waals surface area contributed by atoms with Crippen LogP contribution in [0.4, 0.5) is 5.69 Å².